The maximum absolute atomic E-state index is 13.0. The zero-order valence-corrected chi connectivity index (χ0v) is 23.4. The van der Waals surface area contributed by atoms with Gasteiger partial charge in [0.15, 0.2) is 17.3 Å². The fraction of sp³-hybridized carbons (Fsp3) is 0.548. The molecule has 2 heterocycles. The van der Waals surface area contributed by atoms with Gasteiger partial charge in [-0.05, 0) is 88.0 Å². The Labute approximate surface area is 231 Å². The van der Waals surface area contributed by atoms with Crippen molar-refractivity contribution in [2.75, 3.05) is 33.4 Å². The van der Waals surface area contributed by atoms with Crippen LogP contribution in [-0.4, -0.2) is 66.7 Å². The zero-order chi connectivity index (χ0) is 27.8. The summed E-state index contributed by atoms with van der Waals surface area (Å²) >= 11 is 0. The summed E-state index contributed by atoms with van der Waals surface area (Å²) in [5, 5.41) is 14.5. The molecule has 2 aromatic carbocycles. The normalized spacial score (nSPS) is 17.8. The lowest BCUT2D eigenvalue weighted by molar-refractivity contribution is -0.123. The maximum Gasteiger partial charge on any atom is 0.220 e. The number of aliphatic hydroxyl groups is 1. The summed E-state index contributed by atoms with van der Waals surface area (Å²) in [6, 6.07) is 12.1. The van der Waals surface area contributed by atoms with Gasteiger partial charge in [0.1, 0.15) is 25.1 Å². The molecule has 0 radical (unpaired) electrons. The van der Waals surface area contributed by atoms with Crippen molar-refractivity contribution in [2.24, 2.45) is 0 Å². The number of methoxy groups -OCH3 is 1. The van der Waals surface area contributed by atoms with Gasteiger partial charge in [0, 0.05) is 30.5 Å². The number of aliphatic hydroxyl groups excluding tert-OH is 1. The molecule has 2 N–H and O–H groups in total. The summed E-state index contributed by atoms with van der Waals surface area (Å²) in [5.41, 5.74) is 1.39. The molecule has 0 aromatic heterocycles. The summed E-state index contributed by atoms with van der Waals surface area (Å²) in [6.45, 7) is 6.90. The highest BCUT2D eigenvalue weighted by Gasteiger charge is 2.36. The average molecular weight is 539 g/mol. The van der Waals surface area contributed by atoms with Gasteiger partial charge in [-0.3, -0.25) is 14.5 Å². The van der Waals surface area contributed by atoms with Crippen LogP contribution in [0.2, 0.25) is 0 Å². The summed E-state index contributed by atoms with van der Waals surface area (Å²) in [5.74, 6) is 2.02. The van der Waals surface area contributed by atoms with E-state index in [1.54, 1.807) is 31.4 Å². The Morgan fingerprint density at radius 3 is 2.44 bits per heavy atom. The monoisotopic (exact) mass is 538 g/mol. The molecule has 0 aliphatic carbocycles. The lowest BCUT2D eigenvalue weighted by Crippen LogP contribution is -2.51. The second-order valence-corrected chi connectivity index (χ2v) is 11.1. The molecule has 8 nitrogen and oxygen atoms in total. The van der Waals surface area contributed by atoms with Crippen LogP contribution in [0.15, 0.2) is 42.5 Å². The highest BCUT2D eigenvalue weighted by molar-refractivity contribution is 5.96. The molecule has 2 aliphatic heterocycles. The number of nitrogens with one attached hydrogen (secondary N) is 1. The molecule has 212 valence electrons. The van der Waals surface area contributed by atoms with E-state index in [-0.39, 0.29) is 17.2 Å². The molecule has 2 aliphatic rings. The Morgan fingerprint density at radius 1 is 1.03 bits per heavy atom. The molecule has 4 rings (SSSR count). The van der Waals surface area contributed by atoms with E-state index in [9.17, 15) is 14.7 Å². The van der Waals surface area contributed by atoms with E-state index in [0.717, 1.165) is 38.0 Å². The van der Waals surface area contributed by atoms with Crippen LogP contribution in [-0.2, 0) is 4.79 Å². The predicted molar refractivity (Wildman–Crippen MR) is 150 cm³/mol. The number of Topliss-reactive ketones (excluding diaryl/α,β-unsaturated/α-hetero) is 1. The number of hydrogen-bond donors (Lipinski definition) is 2. The number of hydrogen-bond acceptors (Lipinski definition) is 7. The van der Waals surface area contributed by atoms with E-state index in [4.69, 9.17) is 14.2 Å². The minimum Gasteiger partial charge on any atom is -0.497 e. The first-order valence-electron chi connectivity index (χ1n) is 14.1. The van der Waals surface area contributed by atoms with Crippen LogP contribution in [0.25, 0.3) is 0 Å². The summed E-state index contributed by atoms with van der Waals surface area (Å²) in [6.07, 6.45) is 4.29. The molecule has 2 atom stereocenters. The van der Waals surface area contributed by atoms with E-state index < -0.39 is 12.1 Å². The first-order chi connectivity index (χ1) is 18.8. The molecule has 1 amide bonds. The molecule has 0 spiro atoms. The quantitative estimate of drug-likeness (QED) is 0.282. The topological polar surface area (TPSA) is 97.3 Å². The van der Waals surface area contributed by atoms with Crippen molar-refractivity contribution in [3.63, 3.8) is 0 Å². The van der Waals surface area contributed by atoms with Gasteiger partial charge < -0.3 is 24.6 Å². The van der Waals surface area contributed by atoms with Crippen molar-refractivity contribution in [3.05, 3.63) is 53.6 Å². The Kier molecular flexibility index (Phi) is 9.86. The number of unbranched alkanes of at least 4 members (excludes halogenated alkanes) is 2. The van der Waals surface area contributed by atoms with Crippen molar-refractivity contribution in [1.29, 1.82) is 0 Å². The van der Waals surface area contributed by atoms with Crippen LogP contribution in [0, 0.1) is 0 Å². The molecule has 0 unspecified atom stereocenters. The number of amides is 1. The highest BCUT2D eigenvalue weighted by Crippen LogP contribution is 2.35. The number of rotatable bonds is 13. The molecule has 8 heteroatoms. The van der Waals surface area contributed by atoms with Gasteiger partial charge in [-0.15, -0.1) is 0 Å². The SMILES string of the molecule is COc1ccc(C(=O)CCCCCC(=O)N[C@H](CN2CCCC2(C)C)[C@@H](O)c2ccc3c(c2)OCCO3)cc1. The van der Waals surface area contributed by atoms with Gasteiger partial charge in [0.05, 0.1) is 13.2 Å². The van der Waals surface area contributed by atoms with Crippen molar-refractivity contribution < 1.29 is 28.9 Å². The number of carbonyl (C=O) groups is 2. The van der Waals surface area contributed by atoms with Gasteiger partial charge in [-0.1, -0.05) is 12.5 Å². The lowest BCUT2D eigenvalue weighted by Gasteiger charge is -2.36. The second-order valence-electron chi connectivity index (χ2n) is 11.1. The van der Waals surface area contributed by atoms with Crippen LogP contribution in [0.3, 0.4) is 0 Å². The third kappa shape index (κ3) is 7.73. The summed E-state index contributed by atoms with van der Waals surface area (Å²) < 4.78 is 16.5. The first kappa shape index (κ1) is 28.9. The van der Waals surface area contributed by atoms with Crippen molar-refractivity contribution in [2.45, 2.75) is 76.5 Å². The molecular formula is C31H42N2O6. The number of benzene rings is 2. The van der Waals surface area contributed by atoms with Gasteiger partial charge in [-0.25, -0.2) is 0 Å². The molecule has 1 saturated heterocycles. The molecule has 39 heavy (non-hydrogen) atoms. The Balaban J connectivity index is 1.30. The number of ketones is 1. The van der Waals surface area contributed by atoms with E-state index in [2.05, 4.69) is 24.1 Å². The van der Waals surface area contributed by atoms with Crippen LogP contribution in [0.4, 0.5) is 0 Å². The first-order valence-corrected chi connectivity index (χ1v) is 14.1. The Bertz CT molecular complexity index is 1120. The smallest absolute Gasteiger partial charge is 0.220 e. The van der Waals surface area contributed by atoms with Gasteiger partial charge in [0.2, 0.25) is 5.91 Å². The number of nitrogens with zero attached hydrogens (tertiary/aromatic N) is 1. The second kappa shape index (κ2) is 13.3. The minimum absolute atomic E-state index is 0.0198. The van der Waals surface area contributed by atoms with Gasteiger partial charge in [0.25, 0.3) is 0 Å². The number of carbonyl (C=O) groups excluding carboxylic acids is 2. The number of ether oxygens (including phenoxy) is 3. The van der Waals surface area contributed by atoms with Gasteiger partial charge in [-0.2, -0.15) is 0 Å². The fourth-order valence-corrected chi connectivity index (χ4v) is 5.39. The largest absolute Gasteiger partial charge is 0.497 e. The van der Waals surface area contributed by atoms with Gasteiger partial charge >= 0.3 is 0 Å². The van der Waals surface area contributed by atoms with E-state index >= 15 is 0 Å². The van der Waals surface area contributed by atoms with Crippen molar-refractivity contribution in [3.8, 4) is 17.2 Å². The average Bonchev–Trinajstić information content (AvgIpc) is 3.28. The Morgan fingerprint density at radius 2 is 1.74 bits per heavy atom. The van der Waals surface area contributed by atoms with Crippen LogP contribution in [0.1, 0.15) is 80.8 Å². The van der Waals surface area contributed by atoms with Crippen LogP contribution in [0.5, 0.6) is 17.2 Å². The van der Waals surface area contributed by atoms with Crippen LogP contribution < -0.4 is 19.5 Å². The maximum atomic E-state index is 13.0. The van der Waals surface area contributed by atoms with E-state index in [1.165, 1.54) is 0 Å². The standard InChI is InChI=1S/C31H42N2O6/c1-31(2)16-7-17-33(31)21-25(30(36)23-12-15-27-28(20-23)39-19-18-38-27)32-29(35)9-6-4-5-8-26(34)22-10-13-24(37-3)14-11-22/h10-15,20,25,30,36H,4-9,16-19,21H2,1-3H3,(H,32,35)/t25-,30+/m1/s1. The molecule has 0 saturated carbocycles. The minimum atomic E-state index is -0.886. The molecular weight excluding hydrogens is 496 g/mol. The fourth-order valence-electron chi connectivity index (χ4n) is 5.39. The van der Waals surface area contributed by atoms with E-state index in [0.29, 0.717) is 61.6 Å². The summed E-state index contributed by atoms with van der Waals surface area (Å²) in [4.78, 5) is 27.8. The van der Waals surface area contributed by atoms with Crippen molar-refractivity contribution in [1.82, 2.24) is 10.2 Å². The molecule has 2 aromatic rings. The number of fused-ring (bicyclic) bond motifs is 1. The Hall–Kier alpha value is -3.10. The third-order valence-corrected chi connectivity index (χ3v) is 7.84. The van der Waals surface area contributed by atoms with Crippen molar-refractivity contribution >= 4 is 11.7 Å². The molecule has 1 fully saturated rings. The highest BCUT2D eigenvalue weighted by atomic mass is 16.6. The van der Waals surface area contributed by atoms with E-state index in [1.807, 2.05) is 18.2 Å². The molecule has 0 bridgehead atoms. The zero-order valence-electron chi connectivity index (χ0n) is 23.4. The number of likely N-dealkylation sites (tertiary alicyclic amines) is 1. The predicted octanol–water partition coefficient (Wildman–Crippen LogP) is 4.69. The van der Waals surface area contributed by atoms with Crippen LogP contribution >= 0.6 is 0 Å². The summed E-state index contributed by atoms with van der Waals surface area (Å²) in [7, 11) is 1.60. The lowest BCUT2D eigenvalue weighted by atomic mass is 9.97. The third-order valence-electron chi connectivity index (χ3n) is 7.84.